The minimum atomic E-state index is -4.13. The molecule has 2 rings (SSSR count). The number of nitrogens with zero attached hydrogens (tertiary/aromatic N) is 1. The van der Waals surface area contributed by atoms with Gasteiger partial charge >= 0.3 is 6.03 Å². The largest absolute Gasteiger partial charge is 0.439 e. The maximum atomic E-state index is 12.3. The second-order valence-electron chi connectivity index (χ2n) is 4.72. The summed E-state index contributed by atoms with van der Waals surface area (Å²) in [4.78, 5) is 15.3. The second-order valence-corrected chi connectivity index (χ2v) is 6.78. The molecule has 0 radical (unpaired) electrons. The first kappa shape index (κ1) is 18.0. The third-order valence-electron chi connectivity index (χ3n) is 2.81. The summed E-state index contributed by atoms with van der Waals surface area (Å²) in [6.45, 7) is 2.21. The lowest BCUT2D eigenvalue weighted by Crippen LogP contribution is -2.39. The average molecular weight is 370 g/mol. The van der Waals surface area contributed by atoms with Crippen LogP contribution >= 0.6 is 11.6 Å². The summed E-state index contributed by atoms with van der Waals surface area (Å²) in [5, 5.41) is 2.39. The van der Waals surface area contributed by atoms with Crippen molar-refractivity contribution in [2.75, 3.05) is 6.54 Å². The molecule has 2 amide bonds. The van der Waals surface area contributed by atoms with Crippen molar-refractivity contribution in [2.45, 2.75) is 18.2 Å². The molecule has 0 saturated heterocycles. The Kier molecular flexibility index (Phi) is 5.99. The number of sulfonamides is 1. The molecule has 9 heteroatoms. The highest BCUT2D eigenvalue weighted by Crippen LogP contribution is 2.28. The Morgan fingerprint density at radius 3 is 2.75 bits per heavy atom. The summed E-state index contributed by atoms with van der Waals surface area (Å²) in [7, 11) is -4.13. The van der Waals surface area contributed by atoms with Gasteiger partial charge in [0.25, 0.3) is 10.0 Å². The zero-order valence-corrected chi connectivity index (χ0v) is 14.4. The number of pyridine rings is 1. The molecule has 1 heterocycles. The molecular formula is C15H16ClN3O4S. The summed E-state index contributed by atoms with van der Waals surface area (Å²) in [6, 6.07) is 8.37. The van der Waals surface area contributed by atoms with E-state index >= 15 is 0 Å². The van der Waals surface area contributed by atoms with Crippen LogP contribution in [-0.2, 0) is 10.0 Å². The molecule has 24 heavy (non-hydrogen) atoms. The molecule has 1 aromatic heterocycles. The minimum absolute atomic E-state index is 0.0286. The van der Waals surface area contributed by atoms with Crippen molar-refractivity contribution in [2.24, 2.45) is 0 Å². The number of urea groups is 1. The van der Waals surface area contributed by atoms with Crippen molar-refractivity contribution >= 4 is 27.7 Å². The lowest BCUT2D eigenvalue weighted by molar-refractivity contribution is 0.246. The predicted molar refractivity (Wildman–Crippen MR) is 89.8 cm³/mol. The molecule has 0 unspecified atom stereocenters. The van der Waals surface area contributed by atoms with E-state index in [0.29, 0.717) is 18.8 Å². The number of benzene rings is 1. The number of hydrogen-bond acceptors (Lipinski definition) is 5. The summed E-state index contributed by atoms with van der Waals surface area (Å²) < 4.78 is 32.0. The number of amides is 2. The van der Waals surface area contributed by atoms with Gasteiger partial charge in [0.1, 0.15) is 10.6 Å². The van der Waals surface area contributed by atoms with Gasteiger partial charge in [-0.2, -0.15) is 0 Å². The van der Waals surface area contributed by atoms with Crippen LogP contribution in [0.2, 0.25) is 5.02 Å². The monoisotopic (exact) mass is 369 g/mol. The highest BCUT2D eigenvalue weighted by atomic mass is 35.5. The molecule has 0 aliphatic rings. The van der Waals surface area contributed by atoms with Crippen LogP contribution in [0.3, 0.4) is 0 Å². The molecule has 0 fully saturated rings. The van der Waals surface area contributed by atoms with Gasteiger partial charge in [0.2, 0.25) is 5.88 Å². The quantitative estimate of drug-likeness (QED) is 0.815. The number of nitrogens with one attached hydrogen (secondary N) is 2. The number of hydrogen-bond donors (Lipinski definition) is 2. The van der Waals surface area contributed by atoms with Crippen LogP contribution in [0, 0.1) is 0 Å². The Hall–Kier alpha value is -2.32. The number of carbonyl (C=O) groups excluding carboxylic acids is 1. The van der Waals surface area contributed by atoms with Crippen LogP contribution in [0.4, 0.5) is 4.79 Å². The Labute approximate surface area is 145 Å². The SMILES string of the molecule is CCCNC(=O)NS(=O)(=O)c1cc(Oc2ccccn2)ccc1Cl. The first-order valence-corrected chi connectivity index (χ1v) is 8.97. The van der Waals surface area contributed by atoms with Crippen molar-refractivity contribution in [1.82, 2.24) is 15.0 Å². The number of rotatable bonds is 6. The van der Waals surface area contributed by atoms with Gasteiger partial charge in [-0.25, -0.2) is 22.9 Å². The van der Waals surface area contributed by atoms with Crippen LogP contribution in [0.1, 0.15) is 13.3 Å². The summed E-state index contributed by atoms with van der Waals surface area (Å²) in [6.07, 6.45) is 2.23. The van der Waals surface area contributed by atoms with Gasteiger partial charge in [-0.1, -0.05) is 24.6 Å². The van der Waals surface area contributed by atoms with E-state index in [-0.39, 0.29) is 15.7 Å². The normalized spacial score (nSPS) is 10.9. The Morgan fingerprint density at radius 1 is 1.29 bits per heavy atom. The van der Waals surface area contributed by atoms with E-state index in [0.717, 1.165) is 0 Å². The lowest BCUT2D eigenvalue weighted by atomic mass is 10.3. The van der Waals surface area contributed by atoms with Gasteiger partial charge < -0.3 is 10.1 Å². The molecule has 1 aromatic carbocycles. The summed E-state index contributed by atoms with van der Waals surface area (Å²) in [5.41, 5.74) is 0. The molecule has 0 spiro atoms. The van der Waals surface area contributed by atoms with E-state index in [1.165, 1.54) is 18.2 Å². The lowest BCUT2D eigenvalue weighted by Gasteiger charge is -2.11. The van der Waals surface area contributed by atoms with E-state index in [2.05, 4.69) is 10.3 Å². The maximum Gasteiger partial charge on any atom is 0.328 e. The van der Waals surface area contributed by atoms with Gasteiger partial charge in [0.05, 0.1) is 5.02 Å². The molecule has 0 aliphatic heterocycles. The van der Waals surface area contributed by atoms with Crippen molar-refractivity contribution in [3.63, 3.8) is 0 Å². The Balaban J connectivity index is 2.22. The van der Waals surface area contributed by atoms with E-state index in [4.69, 9.17) is 16.3 Å². The fraction of sp³-hybridized carbons (Fsp3) is 0.200. The summed E-state index contributed by atoms with van der Waals surface area (Å²) >= 11 is 5.95. The molecule has 7 nitrogen and oxygen atoms in total. The van der Waals surface area contributed by atoms with Gasteiger partial charge in [0, 0.05) is 24.9 Å². The third kappa shape index (κ3) is 4.84. The Morgan fingerprint density at radius 2 is 2.08 bits per heavy atom. The van der Waals surface area contributed by atoms with Crippen molar-refractivity contribution in [3.8, 4) is 11.6 Å². The molecule has 2 N–H and O–H groups in total. The third-order valence-corrected chi connectivity index (χ3v) is 4.63. The number of carbonyl (C=O) groups is 1. The first-order chi connectivity index (χ1) is 11.4. The molecule has 0 saturated carbocycles. The van der Waals surface area contributed by atoms with Crippen molar-refractivity contribution in [1.29, 1.82) is 0 Å². The second kappa shape index (κ2) is 7.98. The van der Waals surface area contributed by atoms with Crippen LogP contribution < -0.4 is 14.8 Å². The fourth-order valence-corrected chi connectivity index (χ4v) is 3.18. The van der Waals surface area contributed by atoms with Crippen LogP contribution in [-0.4, -0.2) is 26.0 Å². The number of halogens is 1. The smallest absolute Gasteiger partial charge is 0.328 e. The minimum Gasteiger partial charge on any atom is -0.439 e. The van der Waals surface area contributed by atoms with Gasteiger partial charge in [0.15, 0.2) is 0 Å². The van der Waals surface area contributed by atoms with Crippen molar-refractivity contribution in [3.05, 3.63) is 47.6 Å². The van der Waals surface area contributed by atoms with Gasteiger partial charge in [-0.15, -0.1) is 0 Å². The van der Waals surface area contributed by atoms with E-state index in [9.17, 15) is 13.2 Å². The topological polar surface area (TPSA) is 97.4 Å². The molecule has 0 bridgehead atoms. The van der Waals surface area contributed by atoms with E-state index in [1.54, 1.807) is 24.4 Å². The molecule has 2 aromatic rings. The van der Waals surface area contributed by atoms with Gasteiger partial charge in [-0.3, -0.25) is 0 Å². The van der Waals surface area contributed by atoms with E-state index < -0.39 is 16.1 Å². The van der Waals surface area contributed by atoms with Crippen LogP contribution in [0.5, 0.6) is 11.6 Å². The zero-order valence-electron chi connectivity index (χ0n) is 12.8. The molecule has 128 valence electrons. The van der Waals surface area contributed by atoms with Crippen LogP contribution in [0.25, 0.3) is 0 Å². The molecule has 0 aliphatic carbocycles. The highest BCUT2D eigenvalue weighted by Gasteiger charge is 2.21. The van der Waals surface area contributed by atoms with Gasteiger partial charge in [-0.05, 0) is 24.6 Å². The number of ether oxygens (including phenoxy) is 1. The van der Waals surface area contributed by atoms with E-state index in [1.807, 2.05) is 11.6 Å². The summed E-state index contributed by atoms with van der Waals surface area (Å²) in [5.74, 6) is 0.532. The zero-order chi connectivity index (χ0) is 17.6. The fourth-order valence-electron chi connectivity index (χ4n) is 1.73. The standard InChI is InChI=1S/C15H16ClN3O4S/c1-2-8-18-15(20)19-24(21,22)13-10-11(6-7-12(13)16)23-14-5-3-4-9-17-14/h3-7,9-10H,2,8H2,1H3,(H2,18,19,20). The number of aromatic nitrogens is 1. The average Bonchev–Trinajstić information content (AvgIpc) is 2.55. The predicted octanol–water partition coefficient (Wildman–Crippen LogP) is 2.93. The van der Waals surface area contributed by atoms with Crippen molar-refractivity contribution < 1.29 is 17.9 Å². The maximum absolute atomic E-state index is 12.3. The highest BCUT2D eigenvalue weighted by molar-refractivity contribution is 7.90. The molecule has 0 atom stereocenters. The van der Waals surface area contributed by atoms with Crippen LogP contribution in [0.15, 0.2) is 47.5 Å². The first-order valence-electron chi connectivity index (χ1n) is 7.11. The Bertz CT molecular complexity index is 813. The molecular weight excluding hydrogens is 354 g/mol.